The Morgan fingerprint density at radius 3 is 2.64 bits per heavy atom. The van der Waals surface area contributed by atoms with Crippen molar-refractivity contribution in [2.75, 3.05) is 19.6 Å². The van der Waals surface area contributed by atoms with E-state index in [9.17, 15) is 4.79 Å². The van der Waals surface area contributed by atoms with Crippen LogP contribution < -0.4 is 11.1 Å². The third-order valence-corrected chi connectivity index (χ3v) is 4.12. The van der Waals surface area contributed by atoms with Gasteiger partial charge >= 0.3 is 0 Å². The normalized spacial score (nSPS) is 17.2. The zero-order valence-corrected chi connectivity index (χ0v) is 14.8. The molecule has 7 heteroatoms. The molecule has 5 nitrogen and oxygen atoms in total. The highest BCUT2D eigenvalue weighted by molar-refractivity contribution is 5.93. The molecule has 0 aliphatic carbocycles. The van der Waals surface area contributed by atoms with Crippen LogP contribution in [0.4, 0.5) is 0 Å². The number of nitrogens with two attached hydrogens (primary N) is 1. The number of amides is 1. The SMILES string of the molecule is CC1CCN(C(C)CNC(=O)c2coc(CN)c2)CC1.Cl.Cl. The van der Waals surface area contributed by atoms with Crippen molar-refractivity contribution in [2.24, 2.45) is 11.7 Å². The Hall–Kier alpha value is -0.750. The maximum atomic E-state index is 12.0. The summed E-state index contributed by atoms with van der Waals surface area (Å²) >= 11 is 0. The van der Waals surface area contributed by atoms with Gasteiger partial charge in [0, 0.05) is 12.6 Å². The van der Waals surface area contributed by atoms with Crippen LogP contribution in [-0.2, 0) is 6.54 Å². The third-order valence-electron chi connectivity index (χ3n) is 4.12. The van der Waals surface area contributed by atoms with Crippen LogP contribution in [0.25, 0.3) is 0 Å². The first-order valence-electron chi connectivity index (χ1n) is 7.40. The van der Waals surface area contributed by atoms with Gasteiger partial charge in [-0.15, -0.1) is 24.8 Å². The van der Waals surface area contributed by atoms with E-state index in [1.807, 2.05) is 0 Å². The minimum atomic E-state index is -0.0920. The summed E-state index contributed by atoms with van der Waals surface area (Å²) in [6.07, 6.45) is 3.96. The Bertz CT molecular complexity index is 446. The van der Waals surface area contributed by atoms with E-state index in [-0.39, 0.29) is 30.7 Å². The molecule has 1 unspecified atom stereocenters. The molecule has 1 aromatic rings. The zero-order chi connectivity index (χ0) is 14.5. The largest absolute Gasteiger partial charge is 0.467 e. The summed E-state index contributed by atoms with van der Waals surface area (Å²) in [4.78, 5) is 14.4. The predicted molar refractivity (Wildman–Crippen MR) is 92.9 cm³/mol. The van der Waals surface area contributed by atoms with E-state index in [0.29, 0.717) is 30.5 Å². The summed E-state index contributed by atoms with van der Waals surface area (Å²) in [5.74, 6) is 1.37. The number of carbonyl (C=O) groups excluding carboxylic acids is 1. The van der Waals surface area contributed by atoms with Crippen molar-refractivity contribution in [3.05, 3.63) is 23.7 Å². The Morgan fingerprint density at radius 2 is 2.09 bits per heavy atom. The number of carbonyl (C=O) groups is 1. The molecular formula is C15H27Cl2N3O2. The van der Waals surface area contributed by atoms with Crippen LogP contribution in [0.2, 0.25) is 0 Å². The number of hydrogen-bond donors (Lipinski definition) is 2. The molecule has 1 saturated heterocycles. The molecule has 1 aromatic heterocycles. The predicted octanol–water partition coefficient (Wildman–Crippen LogP) is 2.43. The van der Waals surface area contributed by atoms with E-state index in [1.54, 1.807) is 6.07 Å². The average molecular weight is 352 g/mol. The molecule has 0 radical (unpaired) electrons. The van der Waals surface area contributed by atoms with Crippen LogP contribution in [0.5, 0.6) is 0 Å². The molecule has 2 rings (SSSR count). The standard InChI is InChI=1S/C15H25N3O2.2ClH/c1-11-3-5-18(6-4-11)12(2)9-17-15(19)13-7-14(8-16)20-10-13;;/h7,10-12H,3-6,8-9,16H2,1-2H3,(H,17,19);2*1H. The Morgan fingerprint density at radius 1 is 1.45 bits per heavy atom. The van der Waals surface area contributed by atoms with Gasteiger partial charge in [-0.2, -0.15) is 0 Å². The van der Waals surface area contributed by atoms with Crippen molar-refractivity contribution in [1.82, 2.24) is 10.2 Å². The first-order chi connectivity index (χ1) is 9.60. The third kappa shape index (κ3) is 5.80. The highest BCUT2D eigenvalue weighted by atomic mass is 35.5. The lowest BCUT2D eigenvalue weighted by atomic mass is 9.98. The molecule has 0 saturated carbocycles. The molecule has 1 aliphatic rings. The fourth-order valence-corrected chi connectivity index (χ4v) is 2.55. The van der Waals surface area contributed by atoms with E-state index in [0.717, 1.165) is 19.0 Å². The molecule has 1 fully saturated rings. The van der Waals surface area contributed by atoms with E-state index in [2.05, 4.69) is 24.1 Å². The molecule has 2 heterocycles. The number of furan rings is 1. The van der Waals surface area contributed by atoms with Crippen molar-refractivity contribution in [1.29, 1.82) is 0 Å². The monoisotopic (exact) mass is 351 g/mol. The summed E-state index contributed by atoms with van der Waals surface area (Å²) in [7, 11) is 0. The lowest BCUT2D eigenvalue weighted by molar-refractivity contribution is 0.0921. The number of nitrogens with one attached hydrogen (secondary N) is 1. The fraction of sp³-hybridized carbons (Fsp3) is 0.667. The van der Waals surface area contributed by atoms with Gasteiger partial charge in [-0.05, 0) is 44.8 Å². The van der Waals surface area contributed by atoms with E-state index in [4.69, 9.17) is 10.2 Å². The summed E-state index contributed by atoms with van der Waals surface area (Å²) in [6.45, 7) is 7.70. The molecule has 0 spiro atoms. The van der Waals surface area contributed by atoms with Crippen LogP contribution >= 0.6 is 24.8 Å². The average Bonchev–Trinajstić information content (AvgIpc) is 2.94. The second kappa shape index (κ2) is 10.1. The van der Waals surface area contributed by atoms with E-state index in [1.165, 1.54) is 19.1 Å². The van der Waals surface area contributed by atoms with Crippen molar-refractivity contribution in [3.63, 3.8) is 0 Å². The number of piperidine rings is 1. The lowest BCUT2D eigenvalue weighted by Crippen LogP contribution is -2.45. The maximum absolute atomic E-state index is 12.0. The summed E-state index contributed by atoms with van der Waals surface area (Å²) in [6, 6.07) is 2.06. The Balaban J connectivity index is 0.00000220. The van der Waals surface area contributed by atoms with Gasteiger partial charge in [-0.3, -0.25) is 9.69 Å². The number of halogens is 2. The van der Waals surface area contributed by atoms with Crippen molar-refractivity contribution < 1.29 is 9.21 Å². The van der Waals surface area contributed by atoms with Crippen molar-refractivity contribution in [3.8, 4) is 0 Å². The van der Waals surface area contributed by atoms with Crippen LogP contribution in [-0.4, -0.2) is 36.5 Å². The van der Waals surface area contributed by atoms with Crippen molar-refractivity contribution in [2.45, 2.75) is 39.3 Å². The Kier molecular flexibility index (Phi) is 9.76. The number of nitrogens with zero attached hydrogens (tertiary/aromatic N) is 1. The number of hydrogen-bond acceptors (Lipinski definition) is 4. The van der Waals surface area contributed by atoms with Gasteiger partial charge in [-0.1, -0.05) is 6.92 Å². The van der Waals surface area contributed by atoms with Crippen LogP contribution in [0, 0.1) is 5.92 Å². The second-order valence-corrected chi connectivity index (χ2v) is 5.78. The summed E-state index contributed by atoms with van der Waals surface area (Å²) < 4.78 is 5.17. The summed E-state index contributed by atoms with van der Waals surface area (Å²) in [5.41, 5.74) is 6.01. The van der Waals surface area contributed by atoms with Crippen molar-refractivity contribution >= 4 is 30.7 Å². The quantitative estimate of drug-likeness (QED) is 0.854. The molecule has 128 valence electrons. The minimum absolute atomic E-state index is 0. The van der Waals surface area contributed by atoms with Crippen LogP contribution in [0.15, 0.2) is 16.7 Å². The first-order valence-corrected chi connectivity index (χ1v) is 7.40. The molecule has 3 N–H and O–H groups in total. The molecule has 1 aliphatic heterocycles. The molecule has 1 atom stereocenters. The molecular weight excluding hydrogens is 325 g/mol. The molecule has 22 heavy (non-hydrogen) atoms. The van der Waals surface area contributed by atoms with E-state index < -0.39 is 0 Å². The van der Waals surface area contributed by atoms with Crippen LogP contribution in [0.1, 0.15) is 42.8 Å². The minimum Gasteiger partial charge on any atom is -0.467 e. The van der Waals surface area contributed by atoms with Gasteiger partial charge in [0.1, 0.15) is 12.0 Å². The number of likely N-dealkylation sites (tertiary alicyclic amines) is 1. The highest BCUT2D eigenvalue weighted by Crippen LogP contribution is 2.17. The zero-order valence-electron chi connectivity index (χ0n) is 13.2. The number of rotatable bonds is 5. The highest BCUT2D eigenvalue weighted by Gasteiger charge is 2.20. The molecule has 1 amide bonds. The van der Waals surface area contributed by atoms with Gasteiger partial charge in [0.15, 0.2) is 0 Å². The maximum Gasteiger partial charge on any atom is 0.254 e. The van der Waals surface area contributed by atoms with Crippen LogP contribution in [0.3, 0.4) is 0 Å². The first kappa shape index (κ1) is 21.2. The lowest BCUT2D eigenvalue weighted by Gasteiger charge is -2.34. The fourth-order valence-electron chi connectivity index (χ4n) is 2.55. The molecule has 0 aromatic carbocycles. The smallest absolute Gasteiger partial charge is 0.254 e. The van der Waals surface area contributed by atoms with E-state index >= 15 is 0 Å². The molecule has 0 bridgehead atoms. The van der Waals surface area contributed by atoms with Gasteiger partial charge in [0.25, 0.3) is 5.91 Å². The van der Waals surface area contributed by atoms with Gasteiger partial charge in [0.05, 0.1) is 12.1 Å². The topological polar surface area (TPSA) is 71.5 Å². The van der Waals surface area contributed by atoms with Gasteiger partial charge in [0.2, 0.25) is 0 Å². The Labute approximate surface area is 144 Å². The second-order valence-electron chi connectivity index (χ2n) is 5.78. The van der Waals surface area contributed by atoms with Gasteiger partial charge in [-0.25, -0.2) is 0 Å². The summed E-state index contributed by atoms with van der Waals surface area (Å²) in [5, 5.41) is 2.96. The van der Waals surface area contributed by atoms with Gasteiger partial charge < -0.3 is 15.5 Å².